The summed E-state index contributed by atoms with van der Waals surface area (Å²) in [6, 6.07) is 23.8. The zero-order valence-electron chi connectivity index (χ0n) is 29.7. The number of amides is 2. The van der Waals surface area contributed by atoms with Gasteiger partial charge in [0.1, 0.15) is 11.4 Å². The van der Waals surface area contributed by atoms with E-state index >= 15 is 0 Å². The molecule has 1 aliphatic rings. The summed E-state index contributed by atoms with van der Waals surface area (Å²) in [4.78, 5) is 27.1. The molecule has 1 aliphatic carbocycles. The van der Waals surface area contributed by atoms with Crippen LogP contribution in [-0.4, -0.2) is 48.3 Å². The number of alkyl carbamates (subject to hydrolysis) is 1. The highest BCUT2D eigenvalue weighted by Crippen LogP contribution is 2.44. The first kappa shape index (κ1) is 37.2. The molecule has 9 heteroatoms. The standard InChI is InChI=1S/C39H54N2O6Si/c1-38(2,3)46-37(45)40-32(24-26-14-10-9-11-15-26)31(22-23-34(44)41-35-30-17-13-12-16-28(30)25-33(35)43)36(27-18-20-29(42)21-19-27)47-48(7,8)39(4,5)6/h9-21,31-33,35-36,42-43H,22-25H2,1-8H3,(H,40,45)(H,41,44)/t31-,32-,33+,35-,36?/m0/s1. The van der Waals surface area contributed by atoms with Crippen molar-refractivity contribution in [2.45, 2.75) is 115 Å². The van der Waals surface area contributed by atoms with E-state index in [1.54, 1.807) is 12.1 Å². The SMILES string of the molecule is CC(C)(C)OC(=O)N[C@@H](Cc1ccccc1)[C@H](CCC(=O)N[C@H]1c2ccccc2C[C@H]1O)C(O[Si](C)(C)C(C)(C)C)c1ccc(O)cc1. The highest BCUT2D eigenvalue weighted by molar-refractivity contribution is 6.74. The summed E-state index contributed by atoms with van der Waals surface area (Å²) in [5, 5.41) is 27.2. The molecule has 0 saturated heterocycles. The summed E-state index contributed by atoms with van der Waals surface area (Å²) in [5.74, 6) is -0.417. The molecule has 0 heterocycles. The average Bonchev–Trinajstić information content (AvgIpc) is 3.30. The molecule has 260 valence electrons. The lowest BCUT2D eigenvalue weighted by Crippen LogP contribution is -2.49. The first-order valence-corrected chi connectivity index (χ1v) is 19.9. The van der Waals surface area contributed by atoms with Crippen molar-refractivity contribution in [3.05, 3.63) is 101 Å². The number of hydrogen-bond acceptors (Lipinski definition) is 6. The number of hydrogen-bond donors (Lipinski definition) is 4. The Morgan fingerprint density at radius 2 is 1.54 bits per heavy atom. The molecule has 0 saturated carbocycles. The van der Waals surface area contributed by atoms with Crippen molar-refractivity contribution in [2.75, 3.05) is 0 Å². The molecule has 2 amide bonds. The summed E-state index contributed by atoms with van der Waals surface area (Å²) < 4.78 is 13.0. The van der Waals surface area contributed by atoms with Crippen LogP contribution in [0.15, 0.2) is 78.9 Å². The Labute approximate surface area is 287 Å². The van der Waals surface area contributed by atoms with Gasteiger partial charge < -0.3 is 30.0 Å². The third-order valence-corrected chi connectivity index (χ3v) is 14.0. The van der Waals surface area contributed by atoms with Gasteiger partial charge in [-0.3, -0.25) is 4.79 Å². The van der Waals surface area contributed by atoms with E-state index in [0.29, 0.717) is 19.3 Å². The van der Waals surface area contributed by atoms with Gasteiger partial charge in [0, 0.05) is 24.8 Å². The van der Waals surface area contributed by atoms with Crippen LogP contribution in [0.2, 0.25) is 18.1 Å². The van der Waals surface area contributed by atoms with E-state index in [9.17, 15) is 19.8 Å². The fourth-order valence-electron chi connectivity index (χ4n) is 6.05. The van der Waals surface area contributed by atoms with Crippen LogP contribution in [-0.2, 0) is 26.8 Å². The Hall–Kier alpha value is -3.66. The van der Waals surface area contributed by atoms with E-state index in [4.69, 9.17) is 9.16 Å². The van der Waals surface area contributed by atoms with Gasteiger partial charge >= 0.3 is 6.09 Å². The molecule has 0 fully saturated rings. The number of aliphatic hydroxyl groups is 1. The number of phenolic OH excluding ortho intramolecular Hbond substituents is 1. The molecule has 0 spiro atoms. The number of aromatic hydroxyl groups is 1. The molecule has 1 unspecified atom stereocenters. The molecular formula is C39H54N2O6Si. The van der Waals surface area contributed by atoms with Crippen LogP contribution in [0.25, 0.3) is 0 Å². The zero-order chi connectivity index (χ0) is 35.3. The number of ether oxygens (including phenoxy) is 1. The van der Waals surface area contributed by atoms with Crippen molar-refractivity contribution in [3.63, 3.8) is 0 Å². The van der Waals surface area contributed by atoms with Gasteiger partial charge in [0.2, 0.25) is 5.91 Å². The van der Waals surface area contributed by atoms with Gasteiger partial charge in [-0.05, 0) is 86.1 Å². The number of aliphatic hydroxyl groups excluding tert-OH is 1. The fourth-order valence-corrected chi connectivity index (χ4v) is 7.35. The minimum Gasteiger partial charge on any atom is -0.508 e. The van der Waals surface area contributed by atoms with Crippen molar-refractivity contribution in [2.24, 2.45) is 5.92 Å². The molecule has 3 aromatic carbocycles. The third kappa shape index (κ3) is 9.93. The Kier molecular flexibility index (Phi) is 11.8. The topological polar surface area (TPSA) is 117 Å². The Balaban J connectivity index is 1.74. The minimum atomic E-state index is -2.42. The van der Waals surface area contributed by atoms with Crippen LogP contribution in [0.1, 0.15) is 88.8 Å². The van der Waals surface area contributed by atoms with Crippen LogP contribution in [0.4, 0.5) is 4.79 Å². The number of carbonyl (C=O) groups excluding carboxylic acids is 2. The summed E-state index contributed by atoms with van der Waals surface area (Å²) in [7, 11) is -2.42. The predicted molar refractivity (Wildman–Crippen MR) is 192 cm³/mol. The molecule has 0 aromatic heterocycles. The van der Waals surface area contributed by atoms with Crippen molar-refractivity contribution in [1.82, 2.24) is 10.6 Å². The van der Waals surface area contributed by atoms with E-state index in [0.717, 1.165) is 22.3 Å². The van der Waals surface area contributed by atoms with Gasteiger partial charge in [0.15, 0.2) is 8.32 Å². The molecule has 0 bridgehead atoms. The quantitative estimate of drug-likeness (QED) is 0.146. The summed E-state index contributed by atoms with van der Waals surface area (Å²) in [6.07, 6.45) is -0.256. The van der Waals surface area contributed by atoms with Gasteiger partial charge in [-0.15, -0.1) is 0 Å². The van der Waals surface area contributed by atoms with Gasteiger partial charge in [0.05, 0.1) is 18.2 Å². The molecule has 3 aromatic rings. The maximum absolute atomic E-state index is 13.7. The minimum absolute atomic E-state index is 0.121. The van der Waals surface area contributed by atoms with Crippen molar-refractivity contribution in [3.8, 4) is 5.75 Å². The second kappa shape index (κ2) is 15.3. The highest BCUT2D eigenvalue weighted by Gasteiger charge is 2.43. The van der Waals surface area contributed by atoms with Crippen molar-refractivity contribution < 1.29 is 29.0 Å². The molecule has 4 N–H and O–H groups in total. The van der Waals surface area contributed by atoms with Crippen molar-refractivity contribution >= 4 is 20.3 Å². The monoisotopic (exact) mass is 674 g/mol. The van der Waals surface area contributed by atoms with Crippen LogP contribution < -0.4 is 10.6 Å². The lowest BCUT2D eigenvalue weighted by atomic mass is 9.82. The number of fused-ring (bicyclic) bond motifs is 1. The van der Waals surface area contributed by atoms with E-state index in [-0.39, 0.29) is 29.0 Å². The van der Waals surface area contributed by atoms with Crippen LogP contribution in [0, 0.1) is 5.92 Å². The maximum atomic E-state index is 13.7. The van der Waals surface area contributed by atoms with Crippen LogP contribution in [0.5, 0.6) is 5.75 Å². The molecule has 4 rings (SSSR count). The molecular weight excluding hydrogens is 621 g/mol. The number of nitrogens with one attached hydrogen (secondary N) is 2. The number of benzene rings is 3. The zero-order valence-corrected chi connectivity index (χ0v) is 30.7. The number of rotatable bonds is 12. The third-order valence-electron chi connectivity index (χ3n) is 9.58. The van der Waals surface area contributed by atoms with Crippen LogP contribution in [0.3, 0.4) is 0 Å². The van der Waals surface area contributed by atoms with Crippen molar-refractivity contribution in [1.29, 1.82) is 0 Å². The molecule has 48 heavy (non-hydrogen) atoms. The van der Waals surface area contributed by atoms with E-state index in [1.165, 1.54) is 0 Å². The van der Waals surface area contributed by atoms with Gasteiger partial charge in [0.25, 0.3) is 0 Å². The average molecular weight is 675 g/mol. The second-order valence-corrected chi connectivity index (χ2v) is 20.3. The van der Waals surface area contributed by atoms with E-state index < -0.39 is 44.3 Å². The predicted octanol–water partition coefficient (Wildman–Crippen LogP) is 7.76. The number of carbonyl (C=O) groups is 2. The molecule has 0 radical (unpaired) electrons. The summed E-state index contributed by atoms with van der Waals surface area (Å²) >= 11 is 0. The Morgan fingerprint density at radius 1 is 0.917 bits per heavy atom. The summed E-state index contributed by atoms with van der Waals surface area (Å²) in [6.45, 7) is 16.4. The molecule has 0 aliphatic heterocycles. The highest BCUT2D eigenvalue weighted by atomic mass is 28.4. The first-order chi connectivity index (χ1) is 22.4. The molecule has 5 atom stereocenters. The first-order valence-electron chi connectivity index (χ1n) is 17.0. The smallest absolute Gasteiger partial charge is 0.407 e. The van der Waals surface area contributed by atoms with Gasteiger partial charge in [-0.1, -0.05) is 87.5 Å². The van der Waals surface area contributed by atoms with E-state index in [1.807, 2.05) is 87.5 Å². The van der Waals surface area contributed by atoms with E-state index in [2.05, 4.69) is 44.5 Å². The largest absolute Gasteiger partial charge is 0.508 e. The van der Waals surface area contributed by atoms with Gasteiger partial charge in [-0.25, -0.2) is 4.79 Å². The Bertz CT molecular complexity index is 1510. The lowest BCUT2D eigenvalue weighted by Gasteiger charge is -2.43. The molecule has 8 nitrogen and oxygen atoms in total. The lowest BCUT2D eigenvalue weighted by molar-refractivity contribution is -0.123. The maximum Gasteiger partial charge on any atom is 0.407 e. The fraction of sp³-hybridized carbons (Fsp3) is 0.487. The second-order valence-electron chi connectivity index (χ2n) is 15.6. The van der Waals surface area contributed by atoms with Gasteiger partial charge in [-0.2, -0.15) is 0 Å². The normalized spacial score (nSPS) is 18.4. The number of phenols is 1. The van der Waals surface area contributed by atoms with Crippen LogP contribution >= 0.6 is 0 Å². The Morgan fingerprint density at radius 3 is 2.17 bits per heavy atom. The summed E-state index contributed by atoms with van der Waals surface area (Å²) in [5.41, 5.74) is 3.14.